The van der Waals surface area contributed by atoms with Crippen molar-refractivity contribution in [3.8, 4) is 11.5 Å². The van der Waals surface area contributed by atoms with Crippen molar-refractivity contribution in [1.29, 1.82) is 0 Å². The van der Waals surface area contributed by atoms with Crippen LogP contribution in [0.3, 0.4) is 0 Å². The Morgan fingerprint density at radius 2 is 1.85 bits per heavy atom. The molecule has 0 aliphatic carbocycles. The smallest absolute Gasteiger partial charge is 0.335 e. The van der Waals surface area contributed by atoms with E-state index in [-0.39, 0.29) is 18.2 Å². The van der Waals surface area contributed by atoms with Crippen molar-refractivity contribution in [2.75, 3.05) is 4.90 Å². The zero-order chi connectivity index (χ0) is 19.7. The molecule has 0 unspecified atom stereocenters. The molecule has 3 rings (SSSR count). The van der Waals surface area contributed by atoms with Crippen LogP contribution in [0.1, 0.15) is 42.1 Å². The molecule has 7 nitrogen and oxygen atoms in total. The second-order valence-electron chi connectivity index (χ2n) is 6.55. The van der Waals surface area contributed by atoms with Crippen LogP contribution in [0.4, 0.5) is 5.69 Å². The maximum absolute atomic E-state index is 12.8. The predicted octanol–water partition coefficient (Wildman–Crippen LogP) is 2.29. The molecule has 1 saturated heterocycles. The summed E-state index contributed by atoms with van der Waals surface area (Å²) in [6.45, 7) is 3.81. The van der Waals surface area contributed by atoms with E-state index < -0.39 is 35.0 Å². The molecule has 7 heteroatoms. The minimum atomic E-state index is -1.40. The van der Waals surface area contributed by atoms with Crippen molar-refractivity contribution in [2.45, 2.75) is 32.3 Å². The third-order valence-corrected chi connectivity index (χ3v) is 4.25. The van der Waals surface area contributed by atoms with Crippen molar-refractivity contribution >= 4 is 23.5 Å². The Morgan fingerprint density at radius 3 is 2.44 bits per heavy atom. The second kappa shape index (κ2) is 7.11. The fourth-order valence-corrected chi connectivity index (χ4v) is 3.04. The molecule has 27 heavy (non-hydrogen) atoms. The van der Waals surface area contributed by atoms with Gasteiger partial charge in [0.1, 0.15) is 5.75 Å². The third-order valence-electron chi connectivity index (χ3n) is 4.25. The quantitative estimate of drug-likeness (QED) is 0.812. The van der Waals surface area contributed by atoms with Crippen LogP contribution < -0.4 is 14.7 Å². The number of aromatic carboxylic acids is 1. The van der Waals surface area contributed by atoms with Gasteiger partial charge in [0.15, 0.2) is 0 Å². The molecule has 2 aromatic rings. The Morgan fingerprint density at radius 1 is 1.19 bits per heavy atom. The zero-order valence-electron chi connectivity index (χ0n) is 14.8. The van der Waals surface area contributed by atoms with Crippen LogP contribution in [-0.2, 0) is 9.59 Å². The number of imide groups is 1. The van der Waals surface area contributed by atoms with Gasteiger partial charge in [-0.1, -0.05) is 23.9 Å². The number of hydrogen-bond acceptors (Lipinski definition) is 5. The van der Waals surface area contributed by atoms with Gasteiger partial charge in [-0.25, -0.2) is 9.69 Å². The summed E-state index contributed by atoms with van der Waals surface area (Å²) in [7, 11) is 0. The first-order valence-corrected chi connectivity index (χ1v) is 8.45. The molecule has 0 aromatic heterocycles. The molecule has 0 saturated carbocycles. The fraction of sp³-hybridized carbons (Fsp3) is 0.250. The minimum Gasteiger partial charge on any atom is -0.872 e. The zero-order valence-corrected chi connectivity index (χ0v) is 14.8. The van der Waals surface area contributed by atoms with Crippen LogP contribution in [0, 0.1) is 0 Å². The van der Waals surface area contributed by atoms with Gasteiger partial charge in [-0.2, -0.15) is 0 Å². The Labute approximate surface area is 155 Å². The van der Waals surface area contributed by atoms with E-state index in [0.29, 0.717) is 11.3 Å². The molecule has 1 aliphatic rings. The van der Waals surface area contributed by atoms with E-state index in [1.807, 2.05) is 13.8 Å². The summed E-state index contributed by atoms with van der Waals surface area (Å²) in [5, 5.41) is 20.7. The number of rotatable bonds is 5. The van der Waals surface area contributed by atoms with E-state index in [2.05, 4.69) is 0 Å². The Kier molecular flexibility index (Phi) is 4.85. The molecule has 1 N–H and O–H groups in total. The van der Waals surface area contributed by atoms with Gasteiger partial charge >= 0.3 is 5.97 Å². The predicted molar refractivity (Wildman–Crippen MR) is 94.9 cm³/mol. The van der Waals surface area contributed by atoms with Crippen molar-refractivity contribution in [3.63, 3.8) is 0 Å². The summed E-state index contributed by atoms with van der Waals surface area (Å²) in [6.07, 6.45) is -0.00135. The summed E-state index contributed by atoms with van der Waals surface area (Å²) in [6, 6.07) is 10.3. The molecule has 0 bridgehead atoms. The molecule has 1 atom stereocenters. The molecule has 0 radical (unpaired) electrons. The SMILES string of the molecule is CC(C)Oc1ccc([C@H]2CC(=O)N(c3ccc([O-])c(C(=O)O)c3)C2=O)cc1. The molecule has 1 heterocycles. The van der Waals surface area contributed by atoms with Gasteiger partial charge in [0.25, 0.3) is 0 Å². The lowest BCUT2D eigenvalue weighted by Crippen LogP contribution is -2.30. The summed E-state index contributed by atoms with van der Waals surface area (Å²) in [5.41, 5.74) is 0.279. The summed E-state index contributed by atoms with van der Waals surface area (Å²) in [4.78, 5) is 37.3. The lowest BCUT2D eigenvalue weighted by Gasteiger charge is -2.18. The van der Waals surface area contributed by atoms with Gasteiger partial charge < -0.3 is 14.9 Å². The minimum absolute atomic E-state index is 0.0217. The van der Waals surface area contributed by atoms with Crippen molar-refractivity contribution in [1.82, 2.24) is 0 Å². The van der Waals surface area contributed by atoms with E-state index >= 15 is 0 Å². The van der Waals surface area contributed by atoms with Crippen LogP contribution >= 0.6 is 0 Å². The van der Waals surface area contributed by atoms with Gasteiger partial charge in [-0.05, 0) is 43.7 Å². The number of ether oxygens (including phenoxy) is 1. The molecular weight excluding hydrogens is 350 g/mol. The highest BCUT2D eigenvalue weighted by molar-refractivity contribution is 6.23. The van der Waals surface area contributed by atoms with Crippen LogP contribution in [0.15, 0.2) is 42.5 Å². The highest BCUT2D eigenvalue weighted by Gasteiger charge is 2.40. The fourth-order valence-electron chi connectivity index (χ4n) is 3.04. The van der Waals surface area contributed by atoms with Gasteiger partial charge in [0.05, 0.1) is 23.3 Å². The third kappa shape index (κ3) is 3.62. The first-order chi connectivity index (χ1) is 12.8. The number of benzene rings is 2. The molecule has 0 spiro atoms. The number of amides is 2. The van der Waals surface area contributed by atoms with E-state index in [4.69, 9.17) is 9.84 Å². The molecule has 2 amide bonds. The number of nitrogens with zero attached hydrogens (tertiary/aromatic N) is 1. The highest BCUT2D eigenvalue weighted by Crippen LogP contribution is 2.35. The summed E-state index contributed by atoms with van der Waals surface area (Å²) < 4.78 is 5.57. The number of carbonyl (C=O) groups is 3. The monoisotopic (exact) mass is 368 g/mol. The highest BCUT2D eigenvalue weighted by atomic mass is 16.5. The van der Waals surface area contributed by atoms with Crippen molar-refractivity contribution in [3.05, 3.63) is 53.6 Å². The van der Waals surface area contributed by atoms with Crippen molar-refractivity contribution in [2.24, 2.45) is 0 Å². The van der Waals surface area contributed by atoms with E-state index in [1.165, 1.54) is 6.07 Å². The van der Waals surface area contributed by atoms with E-state index in [0.717, 1.165) is 17.0 Å². The van der Waals surface area contributed by atoms with Crippen LogP contribution in [0.2, 0.25) is 0 Å². The first-order valence-electron chi connectivity index (χ1n) is 8.45. The van der Waals surface area contributed by atoms with E-state index in [9.17, 15) is 19.5 Å². The molecular formula is C20H18NO6-. The largest absolute Gasteiger partial charge is 0.872 e. The van der Waals surface area contributed by atoms with Crippen LogP contribution in [0.25, 0.3) is 0 Å². The van der Waals surface area contributed by atoms with Gasteiger partial charge in [0.2, 0.25) is 11.8 Å². The normalized spacial score (nSPS) is 16.9. The number of carboxylic acid groups (broad SMARTS) is 1. The number of carbonyl (C=O) groups excluding carboxylic acids is 2. The maximum atomic E-state index is 12.8. The number of carboxylic acids is 1. The topological polar surface area (TPSA) is 107 Å². The average molecular weight is 368 g/mol. The molecule has 1 aliphatic heterocycles. The Balaban J connectivity index is 1.87. The standard InChI is InChI=1S/C20H19NO6/c1-11(2)27-14-6-3-12(4-7-14)15-10-18(23)21(19(15)24)13-5-8-17(22)16(9-13)20(25)26/h3-9,11,15,22H,10H2,1-2H3,(H,25,26)/p-1/t15-/m1/s1. The Bertz CT molecular complexity index is 903. The Hall–Kier alpha value is -3.35. The van der Waals surface area contributed by atoms with Gasteiger partial charge in [-0.15, -0.1) is 0 Å². The maximum Gasteiger partial charge on any atom is 0.335 e. The van der Waals surface area contributed by atoms with E-state index in [1.54, 1.807) is 24.3 Å². The molecule has 1 fully saturated rings. The summed E-state index contributed by atoms with van der Waals surface area (Å²) >= 11 is 0. The second-order valence-corrected chi connectivity index (χ2v) is 6.55. The number of hydrogen-bond donors (Lipinski definition) is 1. The molecule has 2 aromatic carbocycles. The first kappa shape index (κ1) is 18.4. The van der Waals surface area contributed by atoms with Crippen molar-refractivity contribution < 1.29 is 29.3 Å². The average Bonchev–Trinajstić information content (AvgIpc) is 2.90. The van der Waals surface area contributed by atoms with Gasteiger partial charge in [0, 0.05) is 6.42 Å². The lowest BCUT2D eigenvalue weighted by atomic mass is 9.97. The van der Waals surface area contributed by atoms with Crippen LogP contribution in [0.5, 0.6) is 11.5 Å². The summed E-state index contributed by atoms with van der Waals surface area (Å²) in [5.74, 6) is -2.97. The van der Waals surface area contributed by atoms with Gasteiger partial charge in [-0.3, -0.25) is 9.59 Å². The lowest BCUT2D eigenvalue weighted by molar-refractivity contribution is -0.268. The van der Waals surface area contributed by atoms with Crippen LogP contribution in [-0.4, -0.2) is 29.0 Å². The molecule has 140 valence electrons. The number of anilines is 1.